The van der Waals surface area contributed by atoms with Gasteiger partial charge in [-0.3, -0.25) is 0 Å². The highest BCUT2D eigenvalue weighted by Gasteiger charge is 2.63. The summed E-state index contributed by atoms with van der Waals surface area (Å²) in [6, 6.07) is 6.93. The molecule has 3 aliphatic rings. The standard InChI is InChI=1S/C22H29NO3S/c1-3-13-22-18(15-26-21(22)17-7-5-4-6-8-17)14-20(22)23-27(24,25)19-11-9-16(2)10-12-19/h3,9-12,17-18,21H,1,4-8,13-15H2,2H3/t18-,21-,22+/m0/s1. The molecule has 2 aliphatic carbocycles. The van der Waals surface area contributed by atoms with Gasteiger partial charge in [-0.25, -0.2) is 0 Å². The second kappa shape index (κ2) is 7.17. The van der Waals surface area contributed by atoms with Crippen LogP contribution in [0.15, 0.2) is 46.2 Å². The minimum Gasteiger partial charge on any atom is -0.377 e. The molecule has 1 aromatic rings. The van der Waals surface area contributed by atoms with Gasteiger partial charge in [0, 0.05) is 17.0 Å². The summed E-state index contributed by atoms with van der Waals surface area (Å²) in [4.78, 5) is 0.269. The van der Waals surface area contributed by atoms with Gasteiger partial charge in [0.05, 0.1) is 17.6 Å². The maximum atomic E-state index is 12.9. The molecule has 2 saturated carbocycles. The van der Waals surface area contributed by atoms with Crippen LogP contribution in [-0.4, -0.2) is 26.8 Å². The predicted octanol–water partition coefficient (Wildman–Crippen LogP) is 4.69. The third kappa shape index (κ3) is 3.19. The maximum absolute atomic E-state index is 12.9. The van der Waals surface area contributed by atoms with Gasteiger partial charge < -0.3 is 4.74 Å². The summed E-state index contributed by atoms with van der Waals surface area (Å²) in [5.41, 5.74) is 1.58. The van der Waals surface area contributed by atoms with Gasteiger partial charge in [0.1, 0.15) is 0 Å². The van der Waals surface area contributed by atoms with E-state index in [4.69, 9.17) is 4.74 Å². The molecular weight excluding hydrogens is 358 g/mol. The van der Waals surface area contributed by atoms with Crippen LogP contribution < -0.4 is 0 Å². The molecule has 1 saturated heterocycles. The van der Waals surface area contributed by atoms with Gasteiger partial charge in [-0.05, 0) is 50.7 Å². The molecular formula is C22H29NO3S. The average molecular weight is 388 g/mol. The van der Waals surface area contributed by atoms with Gasteiger partial charge in [0.25, 0.3) is 10.0 Å². The molecule has 0 unspecified atom stereocenters. The van der Waals surface area contributed by atoms with Crippen molar-refractivity contribution in [3.8, 4) is 0 Å². The molecule has 0 aromatic heterocycles. The smallest absolute Gasteiger partial charge is 0.282 e. The molecule has 4 nitrogen and oxygen atoms in total. The topological polar surface area (TPSA) is 55.7 Å². The molecule has 27 heavy (non-hydrogen) atoms. The molecule has 1 aliphatic heterocycles. The number of rotatable bonds is 5. The first-order valence-electron chi connectivity index (χ1n) is 10.1. The summed E-state index contributed by atoms with van der Waals surface area (Å²) in [5, 5.41) is 0. The van der Waals surface area contributed by atoms with Crippen molar-refractivity contribution in [1.82, 2.24) is 0 Å². The third-order valence-corrected chi connectivity index (χ3v) is 8.13. The van der Waals surface area contributed by atoms with E-state index in [1.165, 1.54) is 32.1 Å². The molecule has 0 radical (unpaired) electrons. The van der Waals surface area contributed by atoms with E-state index in [-0.39, 0.29) is 16.4 Å². The Morgan fingerprint density at radius 1 is 1.22 bits per heavy atom. The second-order valence-corrected chi connectivity index (χ2v) is 10.0. The zero-order valence-corrected chi connectivity index (χ0v) is 16.9. The number of ether oxygens (including phenoxy) is 1. The lowest BCUT2D eigenvalue weighted by atomic mass is 9.53. The lowest BCUT2D eigenvalue weighted by Crippen LogP contribution is -2.55. The van der Waals surface area contributed by atoms with Crippen molar-refractivity contribution < 1.29 is 13.2 Å². The first kappa shape index (κ1) is 18.9. The van der Waals surface area contributed by atoms with Crippen molar-refractivity contribution in [2.24, 2.45) is 21.6 Å². The van der Waals surface area contributed by atoms with E-state index < -0.39 is 10.0 Å². The molecule has 0 bridgehead atoms. The minimum atomic E-state index is -3.69. The van der Waals surface area contributed by atoms with Crippen LogP contribution in [0.5, 0.6) is 0 Å². The van der Waals surface area contributed by atoms with E-state index in [1.807, 2.05) is 25.1 Å². The number of allylic oxidation sites excluding steroid dienone is 1. The van der Waals surface area contributed by atoms with Crippen LogP contribution in [0.25, 0.3) is 0 Å². The molecule has 4 rings (SSSR count). The largest absolute Gasteiger partial charge is 0.377 e. The lowest BCUT2D eigenvalue weighted by molar-refractivity contribution is 0.00916. The second-order valence-electron chi connectivity index (χ2n) is 8.41. The monoisotopic (exact) mass is 387 g/mol. The fourth-order valence-corrected chi connectivity index (χ4v) is 6.47. The summed E-state index contributed by atoms with van der Waals surface area (Å²) in [7, 11) is -3.69. The van der Waals surface area contributed by atoms with E-state index in [0.717, 1.165) is 30.7 Å². The fourth-order valence-electron chi connectivity index (χ4n) is 5.35. The molecule has 3 atom stereocenters. The van der Waals surface area contributed by atoms with Gasteiger partial charge in [-0.2, -0.15) is 12.8 Å². The predicted molar refractivity (Wildman–Crippen MR) is 107 cm³/mol. The summed E-state index contributed by atoms with van der Waals surface area (Å²) >= 11 is 0. The Kier molecular flexibility index (Phi) is 5.02. The van der Waals surface area contributed by atoms with Crippen LogP contribution in [0.4, 0.5) is 0 Å². The zero-order valence-electron chi connectivity index (χ0n) is 16.1. The lowest BCUT2D eigenvalue weighted by Gasteiger charge is -2.50. The number of fused-ring (bicyclic) bond motifs is 1. The van der Waals surface area contributed by atoms with Gasteiger partial charge in [0.2, 0.25) is 0 Å². The molecule has 0 N–H and O–H groups in total. The van der Waals surface area contributed by atoms with Crippen molar-refractivity contribution in [3.05, 3.63) is 42.5 Å². The van der Waals surface area contributed by atoms with Crippen molar-refractivity contribution >= 4 is 15.7 Å². The van der Waals surface area contributed by atoms with Crippen molar-refractivity contribution in [1.29, 1.82) is 0 Å². The van der Waals surface area contributed by atoms with E-state index in [2.05, 4.69) is 11.0 Å². The van der Waals surface area contributed by atoms with E-state index in [1.54, 1.807) is 12.1 Å². The first-order chi connectivity index (χ1) is 13.0. The Hall–Kier alpha value is -1.46. The number of aryl methyl sites for hydroxylation is 1. The number of benzene rings is 1. The quantitative estimate of drug-likeness (QED) is 0.689. The zero-order chi connectivity index (χ0) is 19.1. The first-order valence-corrected chi connectivity index (χ1v) is 11.5. The normalized spacial score (nSPS) is 32.9. The number of sulfonamides is 1. The molecule has 3 fully saturated rings. The molecule has 1 heterocycles. The van der Waals surface area contributed by atoms with Crippen LogP contribution in [0.2, 0.25) is 0 Å². The van der Waals surface area contributed by atoms with E-state index in [9.17, 15) is 8.42 Å². The van der Waals surface area contributed by atoms with Gasteiger partial charge in [0.15, 0.2) is 0 Å². The summed E-state index contributed by atoms with van der Waals surface area (Å²) < 4.78 is 36.5. The van der Waals surface area contributed by atoms with Crippen LogP contribution in [-0.2, 0) is 14.8 Å². The highest BCUT2D eigenvalue weighted by molar-refractivity contribution is 7.90. The molecule has 0 spiro atoms. The summed E-state index contributed by atoms with van der Waals surface area (Å²) in [6.07, 6.45) is 9.61. The van der Waals surface area contributed by atoms with Crippen LogP contribution in [0.3, 0.4) is 0 Å². The Bertz CT molecular complexity index is 837. The summed E-state index contributed by atoms with van der Waals surface area (Å²) in [6.45, 7) is 6.62. The Morgan fingerprint density at radius 2 is 1.93 bits per heavy atom. The van der Waals surface area contributed by atoms with Crippen LogP contribution in [0, 0.1) is 24.2 Å². The summed E-state index contributed by atoms with van der Waals surface area (Å²) in [5.74, 6) is 0.880. The average Bonchev–Trinajstić information content (AvgIpc) is 2.94. The number of hydrogen-bond donors (Lipinski definition) is 0. The highest BCUT2D eigenvalue weighted by Crippen LogP contribution is 2.58. The third-order valence-electron chi connectivity index (χ3n) is 6.80. The number of hydrogen-bond acceptors (Lipinski definition) is 3. The Morgan fingerprint density at radius 3 is 2.59 bits per heavy atom. The molecule has 146 valence electrons. The minimum absolute atomic E-state index is 0.0847. The van der Waals surface area contributed by atoms with Gasteiger partial charge in [-0.15, -0.1) is 6.58 Å². The van der Waals surface area contributed by atoms with Crippen molar-refractivity contribution in [3.63, 3.8) is 0 Å². The van der Waals surface area contributed by atoms with Crippen molar-refractivity contribution in [2.45, 2.75) is 62.9 Å². The van der Waals surface area contributed by atoms with Crippen molar-refractivity contribution in [2.75, 3.05) is 6.61 Å². The van der Waals surface area contributed by atoms with Gasteiger partial charge in [-0.1, -0.05) is 43.0 Å². The fraction of sp³-hybridized carbons (Fsp3) is 0.591. The van der Waals surface area contributed by atoms with Crippen LogP contribution >= 0.6 is 0 Å². The maximum Gasteiger partial charge on any atom is 0.282 e. The number of nitrogens with zero attached hydrogens (tertiary/aromatic N) is 1. The molecule has 0 amide bonds. The highest BCUT2D eigenvalue weighted by atomic mass is 32.2. The van der Waals surface area contributed by atoms with E-state index in [0.29, 0.717) is 11.8 Å². The van der Waals surface area contributed by atoms with E-state index >= 15 is 0 Å². The Labute approximate surface area is 162 Å². The SMILES string of the molecule is C=CC[C@]12C(=NS(=O)(=O)c3ccc(C)cc3)C[C@H]1CO[C@H]2C1CCCCC1. The Balaban J connectivity index is 1.68. The van der Waals surface area contributed by atoms with Crippen LogP contribution in [0.1, 0.15) is 50.5 Å². The van der Waals surface area contributed by atoms with Gasteiger partial charge >= 0.3 is 0 Å². The molecule has 5 heteroatoms. The molecule has 1 aromatic carbocycles.